The molecule has 0 amide bonds. The van der Waals surface area contributed by atoms with Crippen LogP contribution in [0, 0.1) is 0 Å². The molecule has 0 N–H and O–H groups in total. The van der Waals surface area contributed by atoms with Gasteiger partial charge in [0.25, 0.3) is 0 Å². The predicted octanol–water partition coefficient (Wildman–Crippen LogP) is 4.24. The molecule has 0 saturated carbocycles. The van der Waals surface area contributed by atoms with E-state index in [1.807, 2.05) is 12.1 Å². The first-order valence-electron chi connectivity index (χ1n) is 7.69. The van der Waals surface area contributed by atoms with Gasteiger partial charge in [-0.25, -0.2) is 0 Å². The Hall–Kier alpha value is -1.64. The molecule has 112 valence electrons. The van der Waals surface area contributed by atoms with Gasteiger partial charge in [0.2, 0.25) is 0 Å². The van der Waals surface area contributed by atoms with Crippen molar-refractivity contribution in [1.82, 2.24) is 0 Å². The number of hydrogen-bond acceptors (Lipinski definition) is 2. The van der Waals surface area contributed by atoms with Crippen LogP contribution in [0.1, 0.15) is 24.5 Å². The minimum Gasteiger partial charge on any atom is -0.352 e. The quantitative estimate of drug-likeness (QED) is 0.641. The van der Waals surface area contributed by atoms with Gasteiger partial charge in [-0.3, -0.25) is 0 Å². The molecule has 2 rings (SSSR count). The van der Waals surface area contributed by atoms with Crippen LogP contribution in [0.25, 0.3) is 0 Å². The normalized spacial score (nSPS) is 11.0. The van der Waals surface area contributed by atoms with Crippen LogP contribution in [0.4, 0.5) is 0 Å². The van der Waals surface area contributed by atoms with Gasteiger partial charge >= 0.3 is 0 Å². The largest absolute Gasteiger partial charge is 0.352 e. The molecule has 0 saturated heterocycles. The lowest BCUT2D eigenvalue weighted by molar-refractivity contribution is -0.142. The molecular formula is C19H24O2. The molecule has 2 aromatic rings. The number of rotatable bonds is 9. The van der Waals surface area contributed by atoms with Crippen molar-refractivity contribution in [2.75, 3.05) is 13.2 Å². The van der Waals surface area contributed by atoms with E-state index in [1.165, 1.54) is 11.1 Å². The summed E-state index contributed by atoms with van der Waals surface area (Å²) in [7, 11) is 0. The fourth-order valence-electron chi connectivity index (χ4n) is 2.19. The molecule has 21 heavy (non-hydrogen) atoms. The summed E-state index contributed by atoms with van der Waals surface area (Å²) in [6.45, 7) is 3.50. The standard InChI is InChI=1S/C19H24O2/c1-2-19(20-15-13-17-9-5-3-6-10-17)21-16-14-18-11-7-4-8-12-18/h3-12,19H,2,13-16H2,1H3. The van der Waals surface area contributed by atoms with Crippen molar-refractivity contribution in [2.24, 2.45) is 0 Å². The van der Waals surface area contributed by atoms with Crippen molar-refractivity contribution >= 4 is 0 Å². The van der Waals surface area contributed by atoms with E-state index in [1.54, 1.807) is 0 Å². The van der Waals surface area contributed by atoms with Gasteiger partial charge in [0, 0.05) is 0 Å². The number of hydrogen-bond donors (Lipinski definition) is 0. The third kappa shape index (κ3) is 6.11. The predicted molar refractivity (Wildman–Crippen MR) is 86.3 cm³/mol. The van der Waals surface area contributed by atoms with Crippen molar-refractivity contribution in [3.05, 3.63) is 71.8 Å². The van der Waals surface area contributed by atoms with Crippen LogP contribution in [0.3, 0.4) is 0 Å². The Morgan fingerprint density at radius 1 is 0.714 bits per heavy atom. The molecule has 0 spiro atoms. The maximum atomic E-state index is 5.81. The summed E-state index contributed by atoms with van der Waals surface area (Å²) < 4.78 is 11.6. The van der Waals surface area contributed by atoms with Crippen LogP contribution >= 0.6 is 0 Å². The highest BCUT2D eigenvalue weighted by Gasteiger charge is 2.06. The summed E-state index contributed by atoms with van der Waals surface area (Å²) in [5.74, 6) is 0. The molecule has 0 aliphatic heterocycles. The second kappa shape index (κ2) is 9.32. The third-order valence-corrected chi connectivity index (χ3v) is 3.41. The summed E-state index contributed by atoms with van der Waals surface area (Å²) in [6.07, 6.45) is 2.64. The van der Waals surface area contributed by atoms with E-state index in [4.69, 9.17) is 9.47 Å². The van der Waals surface area contributed by atoms with Crippen molar-refractivity contribution in [3.63, 3.8) is 0 Å². The summed E-state index contributed by atoms with van der Waals surface area (Å²) in [5.41, 5.74) is 2.60. The topological polar surface area (TPSA) is 18.5 Å². The summed E-state index contributed by atoms with van der Waals surface area (Å²) in [4.78, 5) is 0. The molecule has 0 atom stereocenters. The fraction of sp³-hybridized carbons (Fsp3) is 0.368. The minimum absolute atomic E-state index is 0.0996. The van der Waals surface area contributed by atoms with Gasteiger partial charge in [0.15, 0.2) is 6.29 Å². The molecule has 0 aliphatic rings. The smallest absolute Gasteiger partial charge is 0.157 e. The van der Waals surface area contributed by atoms with Gasteiger partial charge in [-0.2, -0.15) is 0 Å². The fourth-order valence-corrected chi connectivity index (χ4v) is 2.19. The molecule has 0 radical (unpaired) electrons. The number of ether oxygens (including phenoxy) is 2. The van der Waals surface area contributed by atoms with Gasteiger partial charge in [0.05, 0.1) is 13.2 Å². The molecule has 2 nitrogen and oxygen atoms in total. The van der Waals surface area contributed by atoms with Crippen LogP contribution in [-0.2, 0) is 22.3 Å². The zero-order valence-electron chi connectivity index (χ0n) is 12.7. The van der Waals surface area contributed by atoms with E-state index >= 15 is 0 Å². The van der Waals surface area contributed by atoms with Crippen molar-refractivity contribution in [2.45, 2.75) is 32.5 Å². The summed E-state index contributed by atoms with van der Waals surface area (Å²) in [6, 6.07) is 20.8. The Morgan fingerprint density at radius 2 is 1.14 bits per heavy atom. The lowest BCUT2D eigenvalue weighted by Gasteiger charge is -2.17. The first kappa shape index (κ1) is 15.7. The molecule has 0 unspecified atom stereocenters. The van der Waals surface area contributed by atoms with E-state index in [0.29, 0.717) is 13.2 Å². The first-order chi connectivity index (χ1) is 10.4. The summed E-state index contributed by atoms with van der Waals surface area (Å²) >= 11 is 0. The average molecular weight is 284 g/mol. The molecule has 0 heterocycles. The zero-order chi connectivity index (χ0) is 14.8. The van der Waals surface area contributed by atoms with Crippen LogP contribution in [0.15, 0.2) is 60.7 Å². The molecule has 0 aliphatic carbocycles. The van der Waals surface area contributed by atoms with Gasteiger partial charge in [0.1, 0.15) is 0 Å². The molecule has 2 aromatic carbocycles. The molecular weight excluding hydrogens is 260 g/mol. The molecule has 2 heteroatoms. The molecule has 0 bridgehead atoms. The van der Waals surface area contributed by atoms with Gasteiger partial charge in [-0.05, 0) is 30.4 Å². The first-order valence-corrected chi connectivity index (χ1v) is 7.69. The Kier molecular flexibility index (Phi) is 6.99. The minimum atomic E-state index is -0.0996. The highest BCUT2D eigenvalue weighted by molar-refractivity contribution is 5.15. The van der Waals surface area contributed by atoms with Crippen LogP contribution in [-0.4, -0.2) is 19.5 Å². The Morgan fingerprint density at radius 3 is 1.52 bits per heavy atom. The number of benzene rings is 2. The van der Waals surface area contributed by atoms with E-state index < -0.39 is 0 Å². The van der Waals surface area contributed by atoms with Crippen LogP contribution < -0.4 is 0 Å². The van der Waals surface area contributed by atoms with Gasteiger partial charge < -0.3 is 9.47 Å². The van der Waals surface area contributed by atoms with Gasteiger partial charge in [-0.1, -0.05) is 67.6 Å². The van der Waals surface area contributed by atoms with Crippen LogP contribution in [0.2, 0.25) is 0 Å². The second-order valence-corrected chi connectivity index (χ2v) is 5.05. The lowest BCUT2D eigenvalue weighted by atomic mass is 10.2. The lowest BCUT2D eigenvalue weighted by Crippen LogP contribution is -2.19. The Balaban J connectivity index is 1.64. The third-order valence-electron chi connectivity index (χ3n) is 3.41. The van der Waals surface area contributed by atoms with Crippen LogP contribution in [0.5, 0.6) is 0 Å². The highest BCUT2D eigenvalue weighted by atomic mass is 16.7. The Bertz CT molecular complexity index is 436. The van der Waals surface area contributed by atoms with Crippen molar-refractivity contribution in [3.8, 4) is 0 Å². The van der Waals surface area contributed by atoms with Crippen molar-refractivity contribution < 1.29 is 9.47 Å². The second-order valence-electron chi connectivity index (χ2n) is 5.05. The van der Waals surface area contributed by atoms with E-state index in [-0.39, 0.29) is 6.29 Å². The molecule has 0 aromatic heterocycles. The van der Waals surface area contributed by atoms with Gasteiger partial charge in [-0.15, -0.1) is 0 Å². The zero-order valence-corrected chi connectivity index (χ0v) is 12.7. The van der Waals surface area contributed by atoms with E-state index in [2.05, 4.69) is 55.5 Å². The maximum Gasteiger partial charge on any atom is 0.157 e. The monoisotopic (exact) mass is 284 g/mol. The average Bonchev–Trinajstić information content (AvgIpc) is 2.55. The Labute approximate surface area is 127 Å². The maximum absolute atomic E-state index is 5.81. The molecule has 0 fully saturated rings. The van der Waals surface area contributed by atoms with Crippen molar-refractivity contribution in [1.29, 1.82) is 0 Å². The SMILES string of the molecule is CCC(OCCc1ccccc1)OCCc1ccccc1. The van der Waals surface area contributed by atoms with E-state index in [0.717, 1.165) is 19.3 Å². The van der Waals surface area contributed by atoms with E-state index in [9.17, 15) is 0 Å². The summed E-state index contributed by atoms with van der Waals surface area (Å²) in [5, 5.41) is 0. The highest BCUT2D eigenvalue weighted by Crippen LogP contribution is 2.06.